The Hall–Kier alpha value is -2.14. The first-order valence-electron chi connectivity index (χ1n) is 7.55. The van der Waals surface area contributed by atoms with E-state index in [9.17, 15) is 9.90 Å². The number of ether oxygens (including phenoxy) is 1. The molecule has 1 N–H and O–H groups in total. The minimum absolute atomic E-state index is 0.0199. The van der Waals surface area contributed by atoms with Gasteiger partial charge >= 0.3 is 5.97 Å². The van der Waals surface area contributed by atoms with Crippen molar-refractivity contribution in [2.75, 3.05) is 20.2 Å². The second-order valence-electron chi connectivity index (χ2n) is 5.56. The molecule has 3 rings (SSSR count). The fraction of sp³-hybridized carbons (Fsp3) is 0.412. The molecule has 0 fully saturated rings. The molecule has 0 saturated carbocycles. The molecule has 2 heterocycles. The molecule has 0 amide bonds. The summed E-state index contributed by atoms with van der Waals surface area (Å²) in [5, 5.41) is 10.2. The molecule has 2 aromatic rings. The standard InChI is InChI=1S/C17H20N2O3/c1-3-19-8-7-14-13(10-19)12(9-16(20)21)11-5-4-6-15(22-2)17(11)18-14/h4-6H,3,7-10H2,1-2H3,(H,20,21). The van der Waals surface area contributed by atoms with Crippen molar-refractivity contribution < 1.29 is 14.6 Å². The van der Waals surface area contributed by atoms with Gasteiger partial charge in [-0.1, -0.05) is 19.1 Å². The number of aromatic nitrogens is 1. The molecule has 1 aliphatic heterocycles. The minimum Gasteiger partial charge on any atom is -0.494 e. The predicted octanol–water partition coefficient (Wildman–Crippen LogP) is 2.25. The monoisotopic (exact) mass is 300 g/mol. The fourth-order valence-corrected chi connectivity index (χ4v) is 3.17. The first-order chi connectivity index (χ1) is 10.6. The van der Waals surface area contributed by atoms with Crippen molar-refractivity contribution >= 4 is 16.9 Å². The smallest absolute Gasteiger partial charge is 0.307 e. The van der Waals surface area contributed by atoms with Gasteiger partial charge in [-0.25, -0.2) is 4.98 Å². The fourth-order valence-electron chi connectivity index (χ4n) is 3.17. The number of aliphatic carboxylic acids is 1. The van der Waals surface area contributed by atoms with Crippen molar-refractivity contribution in [2.24, 2.45) is 0 Å². The van der Waals surface area contributed by atoms with Gasteiger partial charge in [0, 0.05) is 30.6 Å². The summed E-state index contributed by atoms with van der Waals surface area (Å²) in [5.41, 5.74) is 3.74. The second kappa shape index (κ2) is 5.93. The van der Waals surface area contributed by atoms with Gasteiger partial charge in [-0.2, -0.15) is 0 Å². The van der Waals surface area contributed by atoms with Gasteiger partial charge < -0.3 is 9.84 Å². The van der Waals surface area contributed by atoms with Crippen molar-refractivity contribution in [3.8, 4) is 5.75 Å². The summed E-state index contributed by atoms with van der Waals surface area (Å²) in [7, 11) is 1.62. The number of carbonyl (C=O) groups is 1. The number of fused-ring (bicyclic) bond motifs is 2. The van der Waals surface area contributed by atoms with Gasteiger partial charge in [-0.05, 0) is 23.7 Å². The Morgan fingerprint density at radius 2 is 2.27 bits per heavy atom. The Morgan fingerprint density at radius 3 is 2.95 bits per heavy atom. The number of rotatable bonds is 4. The number of benzene rings is 1. The number of pyridine rings is 1. The highest BCUT2D eigenvalue weighted by atomic mass is 16.5. The third-order valence-electron chi connectivity index (χ3n) is 4.33. The number of hydrogen-bond acceptors (Lipinski definition) is 4. The van der Waals surface area contributed by atoms with Gasteiger partial charge in [0.25, 0.3) is 0 Å². The van der Waals surface area contributed by atoms with E-state index in [1.54, 1.807) is 7.11 Å². The molecule has 0 unspecified atom stereocenters. The van der Waals surface area contributed by atoms with Crippen LogP contribution in [0.4, 0.5) is 0 Å². The summed E-state index contributed by atoms with van der Waals surface area (Å²) in [4.78, 5) is 18.4. The maximum Gasteiger partial charge on any atom is 0.307 e. The van der Waals surface area contributed by atoms with Crippen LogP contribution >= 0.6 is 0 Å². The lowest BCUT2D eigenvalue weighted by Gasteiger charge is -2.29. The molecule has 0 spiro atoms. The van der Waals surface area contributed by atoms with E-state index in [-0.39, 0.29) is 6.42 Å². The topological polar surface area (TPSA) is 62.7 Å². The van der Waals surface area contributed by atoms with Crippen molar-refractivity contribution in [3.63, 3.8) is 0 Å². The van der Waals surface area contributed by atoms with Crippen LogP contribution in [0.2, 0.25) is 0 Å². The molecular weight excluding hydrogens is 280 g/mol. The number of carboxylic acids is 1. The Kier molecular flexibility index (Phi) is 3.98. The van der Waals surface area contributed by atoms with E-state index < -0.39 is 5.97 Å². The van der Waals surface area contributed by atoms with Crippen LogP contribution in [0.3, 0.4) is 0 Å². The maximum absolute atomic E-state index is 11.3. The Bertz CT molecular complexity index is 727. The summed E-state index contributed by atoms with van der Waals surface area (Å²) in [6.45, 7) is 4.82. The zero-order valence-corrected chi connectivity index (χ0v) is 12.9. The van der Waals surface area contributed by atoms with Crippen molar-refractivity contribution in [1.29, 1.82) is 0 Å². The first kappa shape index (κ1) is 14.8. The number of nitrogens with zero attached hydrogens (tertiary/aromatic N) is 2. The van der Waals surface area contributed by atoms with Crippen molar-refractivity contribution in [2.45, 2.75) is 26.3 Å². The molecule has 5 heteroatoms. The lowest BCUT2D eigenvalue weighted by molar-refractivity contribution is -0.136. The normalized spacial score (nSPS) is 14.8. The van der Waals surface area contributed by atoms with E-state index in [0.29, 0.717) is 5.75 Å². The molecule has 0 aliphatic carbocycles. The first-order valence-corrected chi connectivity index (χ1v) is 7.55. The van der Waals surface area contributed by atoms with Gasteiger partial charge in [0.05, 0.1) is 13.5 Å². The molecule has 1 aliphatic rings. The average Bonchev–Trinajstić information content (AvgIpc) is 2.53. The van der Waals surface area contributed by atoms with Gasteiger partial charge in [0.15, 0.2) is 0 Å². The molecule has 5 nitrogen and oxygen atoms in total. The largest absolute Gasteiger partial charge is 0.494 e. The van der Waals surface area contributed by atoms with E-state index in [1.807, 2.05) is 18.2 Å². The third-order valence-corrected chi connectivity index (χ3v) is 4.33. The summed E-state index contributed by atoms with van der Waals surface area (Å²) >= 11 is 0. The predicted molar refractivity (Wildman–Crippen MR) is 84.3 cm³/mol. The van der Waals surface area contributed by atoms with Gasteiger partial charge in [-0.3, -0.25) is 9.69 Å². The summed E-state index contributed by atoms with van der Waals surface area (Å²) in [6, 6.07) is 5.70. The van der Waals surface area contributed by atoms with Gasteiger partial charge in [0.2, 0.25) is 0 Å². The van der Waals surface area contributed by atoms with Crippen LogP contribution in [-0.4, -0.2) is 41.2 Å². The van der Waals surface area contributed by atoms with Crippen LogP contribution in [0.1, 0.15) is 23.7 Å². The summed E-state index contributed by atoms with van der Waals surface area (Å²) in [5.74, 6) is -0.115. The number of methoxy groups -OCH3 is 1. The Labute approximate surface area is 129 Å². The zero-order chi connectivity index (χ0) is 15.7. The van der Waals surface area contributed by atoms with Crippen LogP contribution < -0.4 is 4.74 Å². The summed E-state index contributed by atoms with van der Waals surface area (Å²) < 4.78 is 5.40. The van der Waals surface area contributed by atoms with Crippen molar-refractivity contribution in [1.82, 2.24) is 9.88 Å². The highest BCUT2D eigenvalue weighted by Crippen LogP contribution is 2.32. The highest BCUT2D eigenvalue weighted by molar-refractivity contribution is 5.91. The van der Waals surface area contributed by atoms with Crippen LogP contribution in [0.25, 0.3) is 10.9 Å². The zero-order valence-electron chi connectivity index (χ0n) is 12.9. The molecule has 0 bridgehead atoms. The summed E-state index contributed by atoms with van der Waals surface area (Å²) in [6.07, 6.45) is 0.871. The lowest BCUT2D eigenvalue weighted by Crippen LogP contribution is -2.32. The molecule has 0 atom stereocenters. The van der Waals surface area contributed by atoms with Gasteiger partial charge in [-0.15, -0.1) is 0 Å². The number of likely N-dealkylation sites (N-methyl/N-ethyl adjacent to an activating group) is 1. The average molecular weight is 300 g/mol. The number of carboxylic acid groups (broad SMARTS) is 1. The molecule has 0 radical (unpaired) electrons. The number of hydrogen-bond donors (Lipinski definition) is 1. The third kappa shape index (κ3) is 2.52. The maximum atomic E-state index is 11.3. The molecular formula is C17H20N2O3. The van der Waals surface area contributed by atoms with Crippen LogP contribution in [0.5, 0.6) is 5.75 Å². The SMILES string of the molecule is CCN1CCc2nc3c(OC)cccc3c(CC(=O)O)c2C1. The van der Waals surface area contributed by atoms with Crippen LogP contribution in [0, 0.1) is 0 Å². The molecule has 22 heavy (non-hydrogen) atoms. The van der Waals surface area contributed by atoms with E-state index >= 15 is 0 Å². The Balaban J connectivity index is 2.26. The van der Waals surface area contributed by atoms with E-state index in [2.05, 4.69) is 11.8 Å². The Morgan fingerprint density at radius 1 is 1.45 bits per heavy atom. The second-order valence-corrected chi connectivity index (χ2v) is 5.56. The highest BCUT2D eigenvalue weighted by Gasteiger charge is 2.23. The van der Waals surface area contributed by atoms with Crippen molar-refractivity contribution in [3.05, 3.63) is 35.0 Å². The number of para-hydroxylation sites is 1. The quantitative estimate of drug-likeness (QED) is 0.938. The van der Waals surface area contributed by atoms with Crippen LogP contribution in [-0.2, 0) is 24.2 Å². The van der Waals surface area contributed by atoms with E-state index in [0.717, 1.165) is 53.8 Å². The van der Waals surface area contributed by atoms with Gasteiger partial charge in [0.1, 0.15) is 11.3 Å². The molecule has 116 valence electrons. The molecule has 1 aromatic heterocycles. The van der Waals surface area contributed by atoms with E-state index in [4.69, 9.17) is 9.72 Å². The molecule has 1 aromatic carbocycles. The minimum atomic E-state index is -0.814. The lowest BCUT2D eigenvalue weighted by atomic mass is 9.93. The molecule has 0 saturated heterocycles. The van der Waals surface area contributed by atoms with Crippen LogP contribution in [0.15, 0.2) is 18.2 Å². The van der Waals surface area contributed by atoms with E-state index in [1.165, 1.54) is 0 Å².